The number of primary amides is 1. The van der Waals surface area contributed by atoms with Gasteiger partial charge in [0.2, 0.25) is 5.91 Å². The molecule has 1 spiro atoms. The molecular weight excluding hydrogens is 528 g/mol. The van der Waals surface area contributed by atoms with E-state index in [1.165, 1.54) is 53.6 Å². The van der Waals surface area contributed by atoms with Crippen molar-refractivity contribution < 1.29 is 4.79 Å². The topological polar surface area (TPSA) is 52.8 Å². The minimum absolute atomic E-state index is 0.361. The van der Waals surface area contributed by atoms with Crippen LogP contribution in [0, 0.1) is 5.41 Å². The number of carbonyl (C=O) groups is 1. The molecule has 0 bridgehead atoms. The average molecular weight is 579 g/mol. The summed E-state index contributed by atoms with van der Waals surface area (Å²) >= 11 is 0. The van der Waals surface area contributed by atoms with Crippen LogP contribution in [-0.2, 0) is 6.54 Å². The summed E-state index contributed by atoms with van der Waals surface area (Å²) in [7, 11) is 0. The molecule has 3 aromatic rings. The summed E-state index contributed by atoms with van der Waals surface area (Å²) in [6, 6.07) is 27.5. The lowest BCUT2D eigenvalue weighted by molar-refractivity contribution is -0.0628. The van der Waals surface area contributed by atoms with Crippen molar-refractivity contribution in [2.24, 2.45) is 11.1 Å². The fourth-order valence-corrected chi connectivity index (χ4v) is 7.98. The summed E-state index contributed by atoms with van der Waals surface area (Å²) in [4.78, 5) is 19.5. The zero-order valence-electron chi connectivity index (χ0n) is 26.6. The fraction of sp³-hybridized carbons (Fsp3) is 0.500. The van der Waals surface area contributed by atoms with Gasteiger partial charge in [0.1, 0.15) is 0 Å². The molecule has 2 N–H and O–H groups in total. The zero-order chi connectivity index (χ0) is 30.1. The minimum atomic E-state index is -0.361. The van der Waals surface area contributed by atoms with Gasteiger partial charge in [0.05, 0.1) is 0 Å². The van der Waals surface area contributed by atoms with Gasteiger partial charge in [-0.25, -0.2) is 0 Å². The molecule has 3 fully saturated rings. The van der Waals surface area contributed by atoms with Crippen molar-refractivity contribution in [3.05, 3.63) is 101 Å². The predicted octanol–water partition coefficient (Wildman–Crippen LogP) is 7.34. The Morgan fingerprint density at radius 3 is 2.14 bits per heavy atom. The van der Waals surface area contributed by atoms with E-state index in [1.807, 2.05) is 12.1 Å². The first-order valence-corrected chi connectivity index (χ1v) is 16.5. The number of anilines is 1. The number of rotatable bonds is 8. The molecule has 5 nitrogen and oxygen atoms in total. The highest BCUT2D eigenvalue weighted by Gasteiger charge is 2.50. The summed E-state index contributed by atoms with van der Waals surface area (Å²) in [5.74, 6) is 0.730. The van der Waals surface area contributed by atoms with E-state index in [0.717, 1.165) is 39.3 Å². The Bertz CT molecular complexity index is 1380. The number of nitrogens with two attached hydrogens (primary N) is 1. The van der Waals surface area contributed by atoms with E-state index in [1.54, 1.807) is 0 Å². The van der Waals surface area contributed by atoms with Gasteiger partial charge in [-0.3, -0.25) is 14.6 Å². The number of carbonyl (C=O) groups excluding carboxylic acids is 1. The number of piperidine rings is 1. The lowest BCUT2D eigenvalue weighted by Gasteiger charge is -2.58. The van der Waals surface area contributed by atoms with Crippen LogP contribution in [0.15, 0.2) is 72.8 Å². The molecule has 2 saturated heterocycles. The van der Waals surface area contributed by atoms with Gasteiger partial charge in [0, 0.05) is 62.6 Å². The van der Waals surface area contributed by atoms with Crippen LogP contribution in [0.4, 0.5) is 5.69 Å². The molecule has 1 aliphatic carbocycles. The highest BCUT2D eigenvalue weighted by molar-refractivity contribution is 5.93. The maximum absolute atomic E-state index is 11.5. The monoisotopic (exact) mass is 578 g/mol. The van der Waals surface area contributed by atoms with Crippen molar-refractivity contribution in [3.8, 4) is 0 Å². The first-order valence-electron chi connectivity index (χ1n) is 16.5. The fourth-order valence-electron chi connectivity index (χ4n) is 7.98. The van der Waals surface area contributed by atoms with Gasteiger partial charge in [0.25, 0.3) is 0 Å². The Labute approximate surface area is 259 Å². The van der Waals surface area contributed by atoms with Crippen molar-refractivity contribution in [2.75, 3.05) is 37.6 Å². The second-order valence-corrected chi connectivity index (χ2v) is 14.1. The van der Waals surface area contributed by atoms with Crippen LogP contribution >= 0.6 is 0 Å². The molecule has 1 atom stereocenters. The van der Waals surface area contributed by atoms with Gasteiger partial charge in [-0.05, 0) is 89.5 Å². The quantitative estimate of drug-likeness (QED) is 0.304. The van der Waals surface area contributed by atoms with Crippen molar-refractivity contribution in [2.45, 2.75) is 83.8 Å². The molecular formula is C38H50N4O. The van der Waals surface area contributed by atoms with Crippen molar-refractivity contribution in [1.82, 2.24) is 9.80 Å². The molecule has 1 saturated carbocycles. The molecule has 0 radical (unpaired) electrons. The maximum atomic E-state index is 11.5. The SMILES string of the molecule is CC(C)c1ccc(CN2CCN(C3CC4(CCN(c5ccc(C(N)=O)cc5)CC4)C3)C(c3ccccc3C(C)C)C2)cc1. The summed E-state index contributed by atoms with van der Waals surface area (Å²) in [6.07, 6.45) is 5.14. The van der Waals surface area contributed by atoms with Crippen LogP contribution in [0.5, 0.6) is 0 Å². The van der Waals surface area contributed by atoms with Crippen LogP contribution in [-0.4, -0.2) is 54.5 Å². The van der Waals surface area contributed by atoms with Gasteiger partial charge < -0.3 is 10.6 Å². The van der Waals surface area contributed by atoms with Crippen molar-refractivity contribution >= 4 is 11.6 Å². The third kappa shape index (κ3) is 6.39. The van der Waals surface area contributed by atoms with E-state index < -0.39 is 0 Å². The van der Waals surface area contributed by atoms with Crippen LogP contribution in [0.25, 0.3) is 0 Å². The average Bonchev–Trinajstić information content (AvgIpc) is 3.00. The van der Waals surface area contributed by atoms with Gasteiger partial charge in [-0.2, -0.15) is 0 Å². The van der Waals surface area contributed by atoms with Crippen LogP contribution < -0.4 is 10.6 Å². The number of piperazine rings is 1. The Balaban J connectivity index is 1.13. The second kappa shape index (κ2) is 12.5. The van der Waals surface area contributed by atoms with Gasteiger partial charge >= 0.3 is 0 Å². The first kappa shape index (κ1) is 29.9. The smallest absolute Gasteiger partial charge is 0.248 e. The molecule has 3 aliphatic rings. The molecule has 228 valence electrons. The highest BCUT2D eigenvalue weighted by Crippen LogP contribution is 2.53. The molecule has 2 aliphatic heterocycles. The Kier molecular flexibility index (Phi) is 8.66. The molecule has 43 heavy (non-hydrogen) atoms. The molecule has 1 amide bonds. The normalized spacial score (nSPS) is 21.4. The van der Waals surface area contributed by atoms with E-state index in [4.69, 9.17) is 5.73 Å². The molecule has 3 aromatic carbocycles. The standard InChI is InChI=1S/C38H50N4O/c1-27(2)30-11-9-29(10-12-30)25-40-21-22-42(36(26-40)35-8-6-5-7-34(35)28(3)4)33-23-38(24-33)17-19-41(20-18-38)32-15-13-31(14-16-32)37(39)43/h5-16,27-28,33,36H,17-26H2,1-4H3,(H2,39,43). The van der Waals surface area contributed by atoms with Crippen LogP contribution in [0.1, 0.15) is 104 Å². The third-order valence-electron chi connectivity index (χ3n) is 10.7. The Morgan fingerprint density at radius 1 is 0.837 bits per heavy atom. The predicted molar refractivity (Wildman–Crippen MR) is 178 cm³/mol. The Hall–Kier alpha value is -3.15. The van der Waals surface area contributed by atoms with Gasteiger partial charge in [-0.1, -0.05) is 76.2 Å². The van der Waals surface area contributed by atoms with Crippen molar-refractivity contribution in [1.29, 1.82) is 0 Å². The number of benzene rings is 3. The largest absolute Gasteiger partial charge is 0.371 e. The van der Waals surface area contributed by atoms with Crippen molar-refractivity contribution in [3.63, 3.8) is 0 Å². The van der Waals surface area contributed by atoms with E-state index in [0.29, 0.717) is 34.9 Å². The van der Waals surface area contributed by atoms with E-state index in [9.17, 15) is 4.79 Å². The maximum Gasteiger partial charge on any atom is 0.248 e. The summed E-state index contributed by atoms with van der Waals surface area (Å²) in [5.41, 5.74) is 13.6. The van der Waals surface area contributed by atoms with E-state index >= 15 is 0 Å². The minimum Gasteiger partial charge on any atom is -0.371 e. The van der Waals surface area contributed by atoms with E-state index in [-0.39, 0.29) is 5.91 Å². The molecule has 6 rings (SSSR count). The molecule has 2 heterocycles. The lowest BCUT2D eigenvalue weighted by atomic mass is 9.59. The van der Waals surface area contributed by atoms with Crippen LogP contribution in [0.3, 0.4) is 0 Å². The number of nitrogens with zero attached hydrogens (tertiary/aromatic N) is 3. The van der Waals surface area contributed by atoms with Gasteiger partial charge in [0.15, 0.2) is 0 Å². The third-order valence-corrected chi connectivity index (χ3v) is 10.7. The zero-order valence-corrected chi connectivity index (χ0v) is 26.6. The molecule has 0 aromatic heterocycles. The van der Waals surface area contributed by atoms with Gasteiger partial charge in [-0.15, -0.1) is 0 Å². The first-order chi connectivity index (χ1) is 20.7. The summed E-state index contributed by atoms with van der Waals surface area (Å²) < 4.78 is 0. The van der Waals surface area contributed by atoms with E-state index in [2.05, 4.69) is 103 Å². The number of hydrogen-bond donors (Lipinski definition) is 1. The molecule has 1 unspecified atom stereocenters. The summed E-state index contributed by atoms with van der Waals surface area (Å²) in [5, 5.41) is 0. The highest BCUT2D eigenvalue weighted by atomic mass is 16.1. The second-order valence-electron chi connectivity index (χ2n) is 14.1. The Morgan fingerprint density at radius 2 is 1.51 bits per heavy atom. The lowest BCUT2D eigenvalue weighted by Crippen LogP contribution is -2.60. The summed E-state index contributed by atoms with van der Waals surface area (Å²) in [6.45, 7) is 15.8. The molecule has 5 heteroatoms. The van der Waals surface area contributed by atoms with Crippen LogP contribution in [0.2, 0.25) is 0 Å². The number of hydrogen-bond acceptors (Lipinski definition) is 4. The number of amides is 1.